The normalized spacial score (nSPS) is 24.4. The van der Waals surface area contributed by atoms with E-state index in [0.29, 0.717) is 11.6 Å². The predicted octanol–water partition coefficient (Wildman–Crippen LogP) is 2.38. The number of carbonyl (C=O) groups is 3. The number of imide groups is 1. The van der Waals surface area contributed by atoms with Crippen LogP contribution in [0, 0.1) is 18.8 Å². The molecule has 1 aliphatic heterocycles. The van der Waals surface area contributed by atoms with Crippen LogP contribution >= 0.6 is 0 Å². The van der Waals surface area contributed by atoms with Crippen LogP contribution < -0.4 is 16.0 Å². The predicted molar refractivity (Wildman–Crippen MR) is 138 cm³/mol. The summed E-state index contributed by atoms with van der Waals surface area (Å²) in [6, 6.07) is 13.4. The Morgan fingerprint density at radius 3 is 2.51 bits per heavy atom. The Hall–Kier alpha value is -4.21. The number of nitrogens with zero attached hydrogens (tertiary/aromatic N) is 5. The number of nitrogens with one attached hydrogen (secondary N) is 1. The zero-order valence-corrected chi connectivity index (χ0v) is 21.4. The van der Waals surface area contributed by atoms with E-state index in [9.17, 15) is 14.4 Å². The lowest BCUT2D eigenvalue weighted by Crippen LogP contribution is -2.71. The standard InChI is InChI=1S/C27H31N7O3/c1-16-15-27(16,19-8-6-5-7-9-19)30-26(37)34-23(25(36)33(4)22-10-11-32(3)31-22)20(24(34)35)13-18-12-17(2)29-21(28)14-18/h5-12,14,16,20,23H,13,15H2,1-4H3,(H2,28,29)(H,30,37)/t16-,20+,23-,27?/m0/s1. The minimum Gasteiger partial charge on any atom is -0.384 e. The lowest BCUT2D eigenvalue weighted by molar-refractivity contribution is -0.156. The number of pyridine rings is 1. The number of aryl methyl sites for hydroxylation is 2. The lowest BCUT2D eigenvalue weighted by atomic mass is 9.81. The minimum absolute atomic E-state index is 0.208. The molecule has 10 nitrogen and oxygen atoms in total. The third-order valence-corrected chi connectivity index (χ3v) is 7.48. The van der Waals surface area contributed by atoms with Gasteiger partial charge in [0.1, 0.15) is 11.9 Å². The van der Waals surface area contributed by atoms with Gasteiger partial charge in [0.25, 0.3) is 5.91 Å². The zero-order chi connectivity index (χ0) is 26.5. The van der Waals surface area contributed by atoms with Crippen molar-refractivity contribution in [2.45, 2.75) is 38.3 Å². The first-order chi connectivity index (χ1) is 17.6. The van der Waals surface area contributed by atoms with Crippen molar-refractivity contribution in [3.8, 4) is 0 Å². The van der Waals surface area contributed by atoms with Gasteiger partial charge in [-0.1, -0.05) is 37.3 Å². The van der Waals surface area contributed by atoms with Crippen molar-refractivity contribution in [2.24, 2.45) is 18.9 Å². The number of nitrogens with two attached hydrogens (primary N) is 1. The zero-order valence-electron chi connectivity index (χ0n) is 21.4. The Labute approximate surface area is 215 Å². The van der Waals surface area contributed by atoms with Gasteiger partial charge in [-0.3, -0.25) is 24.1 Å². The van der Waals surface area contributed by atoms with E-state index in [1.54, 1.807) is 37.1 Å². The van der Waals surface area contributed by atoms with Crippen molar-refractivity contribution >= 4 is 29.5 Å². The monoisotopic (exact) mass is 501 g/mol. The van der Waals surface area contributed by atoms with E-state index < -0.39 is 29.4 Å². The molecule has 0 bridgehead atoms. The lowest BCUT2D eigenvalue weighted by Gasteiger charge is -2.46. The molecule has 0 radical (unpaired) electrons. The van der Waals surface area contributed by atoms with Crippen LogP contribution in [0.3, 0.4) is 0 Å². The number of likely N-dealkylation sites (N-methyl/N-ethyl adjacent to an activating group) is 1. The summed E-state index contributed by atoms with van der Waals surface area (Å²) >= 11 is 0. The molecule has 4 atom stereocenters. The number of amides is 4. The molecular weight excluding hydrogens is 470 g/mol. The van der Waals surface area contributed by atoms with Gasteiger partial charge in [0.2, 0.25) is 5.91 Å². The van der Waals surface area contributed by atoms with E-state index in [1.165, 1.54) is 4.90 Å². The molecule has 2 aromatic heterocycles. The molecule has 1 unspecified atom stereocenters. The third-order valence-electron chi connectivity index (χ3n) is 7.48. The Bertz CT molecular complexity index is 1350. The van der Waals surface area contributed by atoms with Gasteiger partial charge in [0, 0.05) is 32.1 Å². The van der Waals surface area contributed by atoms with Crippen LogP contribution in [-0.2, 0) is 28.6 Å². The van der Waals surface area contributed by atoms with Crippen LogP contribution in [0.15, 0.2) is 54.7 Å². The summed E-state index contributed by atoms with van der Waals surface area (Å²) in [5.74, 6) is -0.498. The van der Waals surface area contributed by atoms with Gasteiger partial charge in [-0.2, -0.15) is 5.10 Å². The van der Waals surface area contributed by atoms with Crippen molar-refractivity contribution in [3.63, 3.8) is 0 Å². The number of anilines is 2. The Kier molecular flexibility index (Phi) is 5.97. The number of benzene rings is 1. The van der Waals surface area contributed by atoms with Crippen molar-refractivity contribution < 1.29 is 14.4 Å². The van der Waals surface area contributed by atoms with Gasteiger partial charge in [-0.25, -0.2) is 9.78 Å². The highest BCUT2D eigenvalue weighted by molar-refractivity contribution is 6.12. The molecule has 0 spiro atoms. The van der Waals surface area contributed by atoms with Crippen LogP contribution in [0.4, 0.5) is 16.4 Å². The highest BCUT2D eigenvalue weighted by Crippen LogP contribution is 2.52. The number of hydrogen-bond donors (Lipinski definition) is 2. The number of carbonyl (C=O) groups excluding carboxylic acids is 3. The quantitative estimate of drug-likeness (QED) is 0.500. The molecule has 1 saturated carbocycles. The Morgan fingerprint density at radius 2 is 1.92 bits per heavy atom. The first kappa shape index (κ1) is 24.5. The smallest absolute Gasteiger partial charge is 0.325 e. The Morgan fingerprint density at radius 1 is 1.22 bits per heavy atom. The number of nitrogen functional groups attached to an aromatic ring is 1. The first-order valence-electron chi connectivity index (χ1n) is 12.3. The molecular formula is C27H31N7O3. The molecule has 192 valence electrons. The van der Waals surface area contributed by atoms with Gasteiger partial charge in [-0.05, 0) is 48.9 Å². The van der Waals surface area contributed by atoms with Crippen molar-refractivity contribution in [3.05, 3.63) is 71.5 Å². The van der Waals surface area contributed by atoms with Gasteiger partial charge in [-0.15, -0.1) is 0 Å². The van der Waals surface area contributed by atoms with E-state index >= 15 is 0 Å². The molecule has 3 heterocycles. The fraction of sp³-hybridized carbons (Fsp3) is 0.370. The highest BCUT2D eigenvalue weighted by atomic mass is 16.2. The molecule has 5 rings (SSSR count). The third kappa shape index (κ3) is 4.32. The van der Waals surface area contributed by atoms with E-state index in [0.717, 1.165) is 28.1 Å². The number of rotatable bonds is 6. The van der Waals surface area contributed by atoms with Crippen molar-refractivity contribution in [1.82, 2.24) is 25.0 Å². The minimum atomic E-state index is -0.976. The second-order valence-corrected chi connectivity index (χ2v) is 10.1. The molecule has 3 N–H and O–H groups in total. The van der Waals surface area contributed by atoms with Crippen LogP contribution in [0.1, 0.15) is 30.2 Å². The van der Waals surface area contributed by atoms with Gasteiger partial charge in [0.05, 0.1) is 11.5 Å². The second-order valence-electron chi connectivity index (χ2n) is 10.1. The summed E-state index contributed by atoms with van der Waals surface area (Å²) in [5.41, 5.74) is 7.85. The summed E-state index contributed by atoms with van der Waals surface area (Å²) in [6.45, 7) is 3.88. The van der Waals surface area contributed by atoms with Crippen molar-refractivity contribution in [1.29, 1.82) is 0 Å². The SMILES string of the molecule is Cc1cc(C[C@H]2C(=O)N(C(=O)NC3(c4ccccc4)C[C@@H]3C)[C@@H]2C(=O)N(C)c2ccn(C)n2)cc(N)n1. The number of β-lactam (4-membered cyclic amide) rings is 1. The highest BCUT2D eigenvalue weighted by Gasteiger charge is 2.59. The summed E-state index contributed by atoms with van der Waals surface area (Å²) < 4.78 is 1.59. The summed E-state index contributed by atoms with van der Waals surface area (Å²) in [6.07, 6.45) is 2.76. The second kappa shape index (κ2) is 9.02. The topological polar surface area (TPSA) is 126 Å². The fourth-order valence-electron chi connectivity index (χ4n) is 5.35. The summed E-state index contributed by atoms with van der Waals surface area (Å²) in [5, 5.41) is 7.39. The van der Waals surface area contributed by atoms with Crippen LogP contribution in [0.2, 0.25) is 0 Å². The van der Waals surface area contributed by atoms with E-state index in [1.807, 2.05) is 43.3 Å². The van der Waals surface area contributed by atoms with Crippen LogP contribution in [0.25, 0.3) is 0 Å². The maximum atomic E-state index is 13.7. The fourth-order valence-corrected chi connectivity index (χ4v) is 5.35. The molecule has 37 heavy (non-hydrogen) atoms. The van der Waals surface area contributed by atoms with Crippen molar-refractivity contribution in [2.75, 3.05) is 17.7 Å². The molecule has 10 heteroatoms. The van der Waals surface area contributed by atoms with Crippen LogP contribution in [-0.4, -0.2) is 50.6 Å². The van der Waals surface area contributed by atoms with Crippen LogP contribution in [0.5, 0.6) is 0 Å². The molecule has 2 fully saturated rings. The van der Waals surface area contributed by atoms with E-state index in [-0.39, 0.29) is 18.2 Å². The van der Waals surface area contributed by atoms with E-state index in [2.05, 4.69) is 22.3 Å². The largest absolute Gasteiger partial charge is 0.384 e. The maximum absolute atomic E-state index is 13.7. The molecule has 4 amide bonds. The summed E-state index contributed by atoms with van der Waals surface area (Å²) in [7, 11) is 3.36. The summed E-state index contributed by atoms with van der Waals surface area (Å²) in [4.78, 5) is 47.3. The molecule has 1 aliphatic carbocycles. The number of likely N-dealkylation sites (tertiary alicyclic amines) is 1. The van der Waals surface area contributed by atoms with Gasteiger partial charge >= 0.3 is 6.03 Å². The average Bonchev–Trinajstić information content (AvgIpc) is 3.29. The molecule has 2 aliphatic rings. The molecule has 1 aromatic carbocycles. The van der Waals surface area contributed by atoms with E-state index in [4.69, 9.17) is 5.73 Å². The molecule has 3 aromatic rings. The van der Waals surface area contributed by atoms with Gasteiger partial charge < -0.3 is 11.1 Å². The average molecular weight is 502 g/mol. The number of urea groups is 1. The molecule has 1 saturated heterocycles. The number of aromatic nitrogens is 3. The van der Waals surface area contributed by atoms with Gasteiger partial charge in [0.15, 0.2) is 5.82 Å². The Balaban J connectivity index is 1.43. The maximum Gasteiger partial charge on any atom is 0.325 e. The number of hydrogen-bond acceptors (Lipinski definition) is 6. The first-order valence-corrected chi connectivity index (χ1v) is 12.3.